The lowest BCUT2D eigenvalue weighted by Gasteiger charge is -2.28. The van der Waals surface area contributed by atoms with Crippen molar-refractivity contribution in [2.24, 2.45) is 17.8 Å². The van der Waals surface area contributed by atoms with Gasteiger partial charge >= 0.3 is 0 Å². The van der Waals surface area contributed by atoms with E-state index >= 15 is 0 Å². The Morgan fingerprint density at radius 1 is 1.38 bits per heavy atom. The molecular weight excluding hydrogens is 350 g/mol. The van der Waals surface area contributed by atoms with Crippen molar-refractivity contribution in [2.75, 3.05) is 5.32 Å². The number of nitrogens with zero attached hydrogens (tertiary/aromatic N) is 1. The minimum Gasteiger partial charge on any atom is -0.459 e. The fourth-order valence-electron chi connectivity index (χ4n) is 4.49. The Bertz CT molecular complexity index is 786. The molecule has 6 nitrogen and oxygen atoms in total. The van der Waals surface area contributed by atoms with E-state index in [0.717, 1.165) is 11.8 Å². The van der Waals surface area contributed by atoms with E-state index in [4.69, 9.17) is 4.42 Å². The largest absolute Gasteiger partial charge is 0.459 e. The third kappa shape index (κ3) is 3.67. The van der Waals surface area contributed by atoms with Gasteiger partial charge in [0.15, 0.2) is 10.9 Å². The molecule has 2 aromatic heterocycles. The lowest BCUT2D eigenvalue weighted by molar-refractivity contribution is -0.121. The van der Waals surface area contributed by atoms with E-state index in [0.29, 0.717) is 16.7 Å². The molecule has 26 heavy (non-hydrogen) atoms. The van der Waals surface area contributed by atoms with Gasteiger partial charge in [-0.2, -0.15) is 0 Å². The summed E-state index contributed by atoms with van der Waals surface area (Å²) in [7, 11) is 0. The van der Waals surface area contributed by atoms with Gasteiger partial charge in [-0.1, -0.05) is 6.42 Å². The predicted molar refractivity (Wildman–Crippen MR) is 99.0 cm³/mol. The van der Waals surface area contributed by atoms with Crippen molar-refractivity contribution >= 4 is 28.3 Å². The average molecular weight is 373 g/mol. The van der Waals surface area contributed by atoms with E-state index < -0.39 is 0 Å². The predicted octanol–water partition coefficient (Wildman–Crippen LogP) is 3.47. The van der Waals surface area contributed by atoms with Crippen LogP contribution in [0.3, 0.4) is 0 Å². The molecule has 0 aromatic carbocycles. The SMILES string of the molecule is C[C@H](NC(=O)Cc1csc(NC(=O)c2ccco2)n1)[C@@H]1C[C@H]2CC[C@H]1C2. The molecule has 2 aliphatic carbocycles. The third-order valence-electron chi connectivity index (χ3n) is 5.68. The number of carbonyl (C=O) groups excluding carboxylic acids is 2. The number of rotatable bonds is 6. The first-order chi connectivity index (χ1) is 12.6. The first-order valence-corrected chi connectivity index (χ1v) is 10.0. The van der Waals surface area contributed by atoms with Gasteiger partial charge in [-0.3, -0.25) is 14.9 Å². The summed E-state index contributed by atoms with van der Waals surface area (Å²) in [5.74, 6) is 2.18. The molecule has 7 heteroatoms. The van der Waals surface area contributed by atoms with Gasteiger partial charge in [0.1, 0.15) is 0 Å². The van der Waals surface area contributed by atoms with Gasteiger partial charge < -0.3 is 9.73 Å². The molecule has 2 bridgehead atoms. The molecule has 4 atom stereocenters. The van der Waals surface area contributed by atoms with Crippen molar-refractivity contribution in [1.82, 2.24) is 10.3 Å². The van der Waals surface area contributed by atoms with E-state index in [1.165, 1.54) is 43.3 Å². The highest BCUT2D eigenvalue weighted by molar-refractivity contribution is 7.14. The van der Waals surface area contributed by atoms with Crippen LogP contribution in [-0.4, -0.2) is 22.8 Å². The van der Waals surface area contributed by atoms with Crippen molar-refractivity contribution in [1.29, 1.82) is 0 Å². The van der Waals surface area contributed by atoms with E-state index in [9.17, 15) is 9.59 Å². The molecule has 138 valence electrons. The Kier molecular flexibility index (Phi) is 4.80. The van der Waals surface area contributed by atoms with E-state index in [1.807, 2.05) is 0 Å². The van der Waals surface area contributed by atoms with Crippen molar-refractivity contribution < 1.29 is 14.0 Å². The van der Waals surface area contributed by atoms with Crippen molar-refractivity contribution in [2.45, 2.75) is 45.1 Å². The van der Waals surface area contributed by atoms with E-state index in [-0.39, 0.29) is 30.0 Å². The number of thiazole rings is 1. The highest BCUT2D eigenvalue weighted by Gasteiger charge is 2.42. The minimum absolute atomic E-state index is 0.00511. The minimum atomic E-state index is -0.342. The standard InChI is InChI=1S/C19H23N3O3S/c1-11(15-8-12-4-5-13(15)7-12)20-17(23)9-14-10-26-19(21-14)22-18(24)16-3-2-6-25-16/h2-3,6,10-13,15H,4-5,7-9H2,1H3,(H,20,23)(H,21,22,24)/t11-,12-,13-,15-/m0/s1. The number of nitrogens with one attached hydrogen (secondary N) is 2. The van der Waals surface area contributed by atoms with Crippen molar-refractivity contribution in [3.8, 4) is 0 Å². The second-order valence-corrected chi connectivity index (χ2v) is 8.31. The molecule has 2 aromatic rings. The number of carbonyl (C=O) groups is 2. The van der Waals surface area contributed by atoms with Crippen LogP contribution < -0.4 is 10.6 Å². The van der Waals surface area contributed by atoms with Crippen LogP contribution in [0, 0.1) is 17.8 Å². The Balaban J connectivity index is 1.28. The van der Waals surface area contributed by atoms with Gasteiger partial charge in [0.2, 0.25) is 5.91 Å². The van der Waals surface area contributed by atoms with Crippen LogP contribution in [0.25, 0.3) is 0 Å². The highest BCUT2D eigenvalue weighted by Crippen LogP contribution is 2.49. The van der Waals surface area contributed by atoms with Crippen LogP contribution in [0.2, 0.25) is 0 Å². The van der Waals surface area contributed by atoms with Crippen LogP contribution in [0.4, 0.5) is 5.13 Å². The molecule has 2 fully saturated rings. The molecule has 0 aliphatic heterocycles. The van der Waals surface area contributed by atoms with Crippen LogP contribution in [0.5, 0.6) is 0 Å². The quantitative estimate of drug-likeness (QED) is 0.812. The number of hydrogen-bond donors (Lipinski definition) is 2. The number of aromatic nitrogens is 1. The second-order valence-electron chi connectivity index (χ2n) is 7.45. The van der Waals surface area contributed by atoms with E-state index in [1.54, 1.807) is 17.5 Å². The number of amides is 2. The molecule has 0 spiro atoms. The fraction of sp³-hybridized carbons (Fsp3) is 0.526. The fourth-order valence-corrected chi connectivity index (χ4v) is 5.20. The normalized spacial score (nSPS) is 25.2. The molecule has 0 saturated heterocycles. The van der Waals surface area contributed by atoms with E-state index in [2.05, 4.69) is 22.5 Å². The van der Waals surface area contributed by atoms with Gasteiger partial charge in [-0.25, -0.2) is 4.98 Å². The van der Waals surface area contributed by atoms with Gasteiger partial charge in [0.25, 0.3) is 5.91 Å². The van der Waals surface area contributed by atoms with Crippen molar-refractivity contribution in [3.63, 3.8) is 0 Å². The van der Waals surface area contributed by atoms with Gasteiger partial charge in [0, 0.05) is 11.4 Å². The smallest absolute Gasteiger partial charge is 0.293 e. The summed E-state index contributed by atoms with van der Waals surface area (Å²) < 4.78 is 5.05. The molecule has 2 aliphatic rings. The maximum Gasteiger partial charge on any atom is 0.293 e. The Morgan fingerprint density at radius 3 is 2.96 bits per heavy atom. The number of furan rings is 1. The Hall–Kier alpha value is -2.15. The first-order valence-electron chi connectivity index (χ1n) is 9.17. The monoisotopic (exact) mass is 373 g/mol. The van der Waals surface area contributed by atoms with Gasteiger partial charge in [-0.15, -0.1) is 11.3 Å². The number of hydrogen-bond acceptors (Lipinski definition) is 5. The number of anilines is 1. The zero-order valence-corrected chi connectivity index (χ0v) is 15.6. The highest BCUT2D eigenvalue weighted by atomic mass is 32.1. The summed E-state index contributed by atoms with van der Waals surface area (Å²) in [6.45, 7) is 2.12. The summed E-state index contributed by atoms with van der Waals surface area (Å²) in [6.07, 6.45) is 6.97. The molecule has 0 unspecified atom stereocenters. The molecule has 2 heterocycles. The van der Waals surface area contributed by atoms with Crippen LogP contribution in [0.1, 0.15) is 48.9 Å². The molecule has 2 N–H and O–H groups in total. The molecule has 4 rings (SSSR count). The summed E-state index contributed by atoms with van der Waals surface area (Å²) in [6, 6.07) is 3.47. The topological polar surface area (TPSA) is 84.2 Å². The Labute approximate surface area is 156 Å². The molecule has 0 radical (unpaired) electrons. The Morgan fingerprint density at radius 2 is 2.27 bits per heavy atom. The summed E-state index contributed by atoms with van der Waals surface area (Å²) >= 11 is 1.31. The first kappa shape index (κ1) is 17.3. The maximum atomic E-state index is 12.4. The molecule has 2 amide bonds. The zero-order chi connectivity index (χ0) is 18.1. The average Bonchev–Trinajstić information content (AvgIpc) is 3.39. The molecular formula is C19H23N3O3S. The summed E-state index contributed by atoms with van der Waals surface area (Å²) in [5, 5.41) is 8.11. The molecule has 2 saturated carbocycles. The number of fused-ring (bicyclic) bond motifs is 2. The maximum absolute atomic E-state index is 12.4. The van der Waals surface area contributed by atoms with Gasteiger partial charge in [0.05, 0.1) is 18.4 Å². The third-order valence-corrected chi connectivity index (χ3v) is 6.49. The van der Waals surface area contributed by atoms with Crippen molar-refractivity contribution in [3.05, 3.63) is 35.2 Å². The zero-order valence-electron chi connectivity index (χ0n) is 14.7. The van der Waals surface area contributed by atoms with Crippen LogP contribution in [-0.2, 0) is 11.2 Å². The summed E-state index contributed by atoms with van der Waals surface area (Å²) in [4.78, 5) is 28.6. The lowest BCUT2D eigenvalue weighted by atomic mass is 9.84. The lowest BCUT2D eigenvalue weighted by Crippen LogP contribution is -2.40. The second kappa shape index (κ2) is 7.23. The van der Waals surface area contributed by atoms with Gasteiger partial charge in [-0.05, 0) is 56.1 Å². The van der Waals surface area contributed by atoms with Crippen LogP contribution in [0.15, 0.2) is 28.2 Å². The summed E-state index contributed by atoms with van der Waals surface area (Å²) in [5.41, 5.74) is 0.669. The van der Waals surface area contributed by atoms with Crippen LogP contribution >= 0.6 is 11.3 Å².